The van der Waals surface area contributed by atoms with Crippen LogP contribution < -0.4 is 0 Å². The van der Waals surface area contributed by atoms with Crippen molar-refractivity contribution in [3.8, 4) is 11.3 Å². The summed E-state index contributed by atoms with van der Waals surface area (Å²) in [5.74, 6) is -2.12. The minimum atomic E-state index is -4.94. The minimum absolute atomic E-state index is 0.117. The standard InChI is InChI=1S/C20H20F3NO4/c1-12(2)13-4-3-5-14(10-13)15-6-7-16(28-15)17(25)24-9-8-19(11-24,18(26)27)20(21,22)23/h3-7,10,12H,8-9,11H2,1-2H3,(H,26,27). The van der Waals surface area contributed by atoms with E-state index in [0.29, 0.717) is 11.7 Å². The summed E-state index contributed by atoms with van der Waals surface area (Å²) in [4.78, 5) is 24.7. The van der Waals surface area contributed by atoms with Crippen LogP contribution in [0.5, 0.6) is 0 Å². The highest BCUT2D eigenvalue weighted by Gasteiger charge is 2.64. The second-order valence-electron chi connectivity index (χ2n) is 7.31. The molecule has 1 amide bonds. The first kappa shape index (κ1) is 20.0. The lowest BCUT2D eigenvalue weighted by atomic mass is 9.86. The zero-order chi connectivity index (χ0) is 20.7. The van der Waals surface area contributed by atoms with Gasteiger partial charge in [-0.2, -0.15) is 13.2 Å². The summed E-state index contributed by atoms with van der Waals surface area (Å²) in [5, 5.41) is 9.11. The predicted octanol–water partition coefficient (Wildman–Crippen LogP) is 4.55. The van der Waals surface area contributed by atoms with E-state index in [0.717, 1.165) is 16.0 Å². The van der Waals surface area contributed by atoms with E-state index in [1.54, 1.807) is 6.07 Å². The third-order valence-electron chi connectivity index (χ3n) is 5.16. The number of benzene rings is 1. The van der Waals surface area contributed by atoms with Gasteiger partial charge in [0.05, 0.1) is 0 Å². The Morgan fingerprint density at radius 1 is 1.21 bits per heavy atom. The van der Waals surface area contributed by atoms with E-state index in [1.807, 2.05) is 38.1 Å². The molecular weight excluding hydrogens is 375 g/mol. The van der Waals surface area contributed by atoms with E-state index in [9.17, 15) is 22.8 Å². The van der Waals surface area contributed by atoms with E-state index in [-0.39, 0.29) is 12.3 Å². The molecule has 1 N–H and O–H groups in total. The number of carbonyl (C=O) groups excluding carboxylic acids is 1. The Morgan fingerprint density at radius 3 is 2.50 bits per heavy atom. The summed E-state index contributed by atoms with van der Waals surface area (Å²) in [7, 11) is 0. The van der Waals surface area contributed by atoms with Gasteiger partial charge in [0.2, 0.25) is 0 Å². The molecule has 1 aliphatic heterocycles. The van der Waals surface area contributed by atoms with Crippen molar-refractivity contribution in [2.24, 2.45) is 5.41 Å². The van der Waals surface area contributed by atoms with Crippen LogP contribution in [0.3, 0.4) is 0 Å². The van der Waals surface area contributed by atoms with E-state index < -0.39 is 36.4 Å². The number of carbonyl (C=O) groups is 2. The summed E-state index contributed by atoms with van der Waals surface area (Å²) in [6.07, 6.45) is -5.62. The Kier molecular flexibility index (Phi) is 4.99. The van der Waals surface area contributed by atoms with Gasteiger partial charge in [-0.1, -0.05) is 32.0 Å². The van der Waals surface area contributed by atoms with E-state index in [1.165, 1.54) is 6.07 Å². The fourth-order valence-corrected chi connectivity index (χ4v) is 3.33. The Labute approximate surface area is 159 Å². The van der Waals surface area contributed by atoms with E-state index in [2.05, 4.69) is 0 Å². The lowest BCUT2D eigenvalue weighted by Gasteiger charge is -2.26. The summed E-state index contributed by atoms with van der Waals surface area (Å²) in [6, 6.07) is 10.5. The molecule has 2 aromatic rings. The number of carboxylic acids is 1. The number of halogens is 3. The number of hydrogen-bond acceptors (Lipinski definition) is 3. The van der Waals surface area contributed by atoms with Crippen LogP contribution in [0.4, 0.5) is 13.2 Å². The zero-order valence-corrected chi connectivity index (χ0v) is 15.4. The van der Waals surface area contributed by atoms with Gasteiger partial charge in [-0.3, -0.25) is 9.59 Å². The molecule has 0 radical (unpaired) electrons. The van der Waals surface area contributed by atoms with Crippen molar-refractivity contribution in [3.63, 3.8) is 0 Å². The zero-order valence-electron chi connectivity index (χ0n) is 15.4. The van der Waals surface area contributed by atoms with Crippen molar-refractivity contribution in [1.82, 2.24) is 4.90 Å². The largest absolute Gasteiger partial charge is 0.481 e. The Bertz CT molecular complexity index is 903. The fourth-order valence-electron chi connectivity index (χ4n) is 3.33. The Hall–Kier alpha value is -2.77. The van der Waals surface area contributed by atoms with Crippen LogP contribution in [0.2, 0.25) is 0 Å². The number of nitrogens with zero attached hydrogens (tertiary/aromatic N) is 1. The average molecular weight is 395 g/mol. The van der Waals surface area contributed by atoms with Crippen LogP contribution in [0.25, 0.3) is 11.3 Å². The number of likely N-dealkylation sites (tertiary alicyclic amines) is 1. The van der Waals surface area contributed by atoms with Crippen molar-refractivity contribution in [2.45, 2.75) is 32.4 Å². The molecule has 1 saturated heterocycles. The number of aliphatic carboxylic acids is 1. The molecule has 1 fully saturated rings. The summed E-state index contributed by atoms with van der Waals surface area (Å²) >= 11 is 0. The predicted molar refractivity (Wildman–Crippen MR) is 94.9 cm³/mol. The van der Waals surface area contributed by atoms with E-state index in [4.69, 9.17) is 9.52 Å². The Balaban J connectivity index is 1.82. The van der Waals surface area contributed by atoms with Gasteiger partial charge in [0.25, 0.3) is 5.91 Å². The van der Waals surface area contributed by atoms with Crippen LogP contribution >= 0.6 is 0 Å². The normalized spacial score (nSPS) is 20.0. The molecule has 150 valence electrons. The topological polar surface area (TPSA) is 70.8 Å². The highest BCUT2D eigenvalue weighted by atomic mass is 19.4. The SMILES string of the molecule is CC(C)c1cccc(-c2ccc(C(=O)N3CCC(C(=O)O)(C(F)(F)F)C3)o2)c1. The minimum Gasteiger partial charge on any atom is -0.481 e. The summed E-state index contributed by atoms with van der Waals surface area (Å²) in [6.45, 7) is 2.85. The molecule has 8 heteroatoms. The number of hydrogen-bond donors (Lipinski definition) is 1. The molecule has 28 heavy (non-hydrogen) atoms. The third kappa shape index (κ3) is 3.39. The second kappa shape index (κ2) is 7.00. The first-order valence-corrected chi connectivity index (χ1v) is 8.85. The smallest absolute Gasteiger partial charge is 0.406 e. The van der Waals surface area contributed by atoms with Crippen molar-refractivity contribution in [3.05, 3.63) is 47.7 Å². The van der Waals surface area contributed by atoms with Gasteiger partial charge >= 0.3 is 12.1 Å². The average Bonchev–Trinajstić information content (AvgIpc) is 3.29. The van der Waals surface area contributed by atoms with Crippen LogP contribution in [0.1, 0.15) is 42.3 Å². The van der Waals surface area contributed by atoms with Crippen LogP contribution in [-0.4, -0.2) is 41.1 Å². The lowest BCUT2D eigenvalue weighted by Crippen LogP contribution is -2.47. The monoisotopic (exact) mass is 395 g/mol. The maximum atomic E-state index is 13.3. The molecule has 1 unspecified atom stereocenters. The maximum absolute atomic E-state index is 13.3. The molecule has 0 saturated carbocycles. The molecule has 0 bridgehead atoms. The van der Waals surface area contributed by atoms with Gasteiger partial charge in [0, 0.05) is 18.7 Å². The second-order valence-corrected chi connectivity index (χ2v) is 7.31. The number of furan rings is 1. The van der Waals surface area contributed by atoms with Crippen molar-refractivity contribution < 1.29 is 32.3 Å². The molecule has 2 heterocycles. The Morgan fingerprint density at radius 2 is 1.93 bits per heavy atom. The highest BCUT2D eigenvalue weighted by Crippen LogP contribution is 2.46. The lowest BCUT2D eigenvalue weighted by molar-refractivity contribution is -0.227. The molecule has 5 nitrogen and oxygen atoms in total. The molecule has 1 aromatic carbocycles. The summed E-state index contributed by atoms with van der Waals surface area (Å²) in [5.41, 5.74) is -1.11. The van der Waals surface area contributed by atoms with Gasteiger partial charge in [-0.25, -0.2) is 0 Å². The number of amides is 1. The molecule has 3 rings (SSSR count). The molecular formula is C20H20F3NO4. The maximum Gasteiger partial charge on any atom is 0.406 e. The number of carboxylic acid groups (broad SMARTS) is 1. The van der Waals surface area contributed by atoms with Crippen LogP contribution in [0, 0.1) is 5.41 Å². The van der Waals surface area contributed by atoms with Gasteiger partial charge in [0.15, 0.2) is 11.2 Å². The molecule has 1 aliphatic rings. The van der Waals surface area contributed by atoms with Crippen molar-refractivity contribution in [2.75, 3.05) is 13.1 Å². The fraction of sp³-hybridized carbons (Fsp3) is 0.400. The molecule has 0 spiro atoms. The number of alkyl halides is 3. The highest BCUT2D eigenvalue weighted by molar-refractivity contribution is 5.93. The molecule has 1 aromatic heterocycles. The number of rotatable bonds is 4. The van der Waals surface area contributed by atoms with Crippen LogP contribution in [-0.2, 0) is 4.79 Å². The quantitative estimate of drug-likeness (QED) is 0.825. The molecule has 1 atom stereocenters. The third-order valence-corrected chi connectivity index (χ3v) is 5.16. The van der Waals surface area contributed by atoms with Crippen molar-refractivity contribution in [1.29, 1.82) is 0 Å². The van der Waals surface area contributed by atoms with Gasteiger partial charge in [-0.05, 0) is 36.1 Å². The van der Waals surface area contributed by atoms with Gasteiger partial charge in [0.1, 0.15) is 5.76 Å². The first-order valence-electron chi connectivity index (χ1n) is 8.85. The molecule has 0 aliphatic carbocycles. The van der Waals surface area contributed by atoms with E-state index >= 15 is 0 Å². The van der Waals surface area contributed by atoms with Crippen LogP contribution in [0.15, 0.2) is 40.8 Å². The van der Waals surface area contributed by atoms with Crippen molar-refractivity contribution >= 4 is 11.9 Å². The first-order chi connectivity index (χ1) is 13.0. The summed E-state index contributed by atoms with van der Waals surface area (Å²) < 4.78 is 45.4. The van der Waals surface area contributed by atoms with Gasteiger partial charge < -0.3 is 14.4 Å². The van der Waals surface area contributed by atoms with Gasteiger partial charge in [-0.15, -0.1) is 0 Å².